The standard InChI is InChI=1S/C23H30N2O3/c1-4-5-6-7-10-15-28-20-14-13-17(16-21(20)27-3)22-24-19-12-9-8-11-18(19)23(26)25(22)2/h8-9,11-14,16,22,24H,4-7,10,15H2,1-3H3. The maximum absolute atomic E-state index is 12.7. The molecule has 1 amide bonds. The molecular weight excluding hydrogens is 352 g/mol. The third-order valence-electron chi connectivity index (χ3n) is 5.17. The number of amides is 1. The molecule has 0 saturated carbocycles. The number of carbonyl (C=O) groups is 1. The average Bonchev–Trinajstić information content (AvgIpc) is 2.73. The molecule has 0 fully saturated rings. The SMILES string of the molecule is CCCCCCCOc1ccc(C2Nc3ccccc3C(=O)N2C)cc1OC. The van der Waals surface area contributed by atoms with Crippen LogP contribution in [0, 0.1) is 0 Å². The van der Waals surface area contributed by atoms with Gasteiger partial charge in [-0.25, -0.2) is 0 Å². The number of rotatable bonds is 9. The van der Waals surface area contributed by atoms with Crippen LogP contribution < -0.4 is 14.8 Å². The quantitative estimate of drug-likeness (QED) is 0.603. The Morgan fingerprint density at radius 1 is 1.04 bits per heavy atom. The first-order chi connectivity index (χ1) is 13.7. The molecule has 1 aliphatic rings. The van der Waals surface area contributed by atoms with Crippen molar-refractivity contribution in [2.75, 3.05) is 26.1 Å². The van der Waals surface area contributed by atoms with Crippen molar-refractivity contribution in [2.24, 2.45) is 0 Å². The van der Waals surface area contributed by atoms with E-state index >= 15 is 0 Å². The maximum atomic E-state index is 12.7. The van der Waals surface area contributed by atoms with Crippen LogP contribution in [0.1, 0.15) is 61.1 Å². The highest BCUT2D eigenvalue weighted by Crippen LogP contribution is 2.36. The number of methoxy groups -OCH3 is 1. The monoisotopic (exact) mass is 382 g/mol. The minimum absolute atomic E-state index is 0.00530. The molecule has 0 bridgehead atoms. The fraction of sp³-hybridized carbons (Fsp3) is 0.435. The summed E-state index contributed by atoms with van der Waals surface area (Å²) in [5, 5.41) is 3.44. The Bertz CT molecular complexity index is 806. The van der Waals surface area contributed by atoms with Crippen LogP contribution in [-0.2, 0) is 0 Å². The smallest absolute Gasteiger partial charge is 0.257 e. The lowest BCUT2D eigenvalue weighted by Crippen LogP contribution is -2.40. The second kappa shape index (κ2) is 9.49. The first kappa shape index (κ1) is 20.1. The van der Waals surface area contributed by atoms with Gasteiger partial charge in [0.25, 0.3) is 5.91 Å². The van der Waals surface area contributed by atoms with E-state index in [0.29, 0.717) is 17.9 Å². The van der Waals surface area contributed by atoms with Crippen LogP contribution in [0.3, 0.4) is 0 Å². The van der Waals surface area contributed by atoms with Crippen LogP contribution >= 0.6 is 0 Å². The summed E-state index contributed by atoms with van der Waals surface area (Å²) in [6.45, 7) is 2.90. The van der Waals surface area contributed by atoms with E-state index < -0.39 is 0 Å². The molecule has 1 aliphatic heterocycles. The molecule has 1 atom stereocenters. The number of ether oxygens (including phenoxy) is 2. The summed E-state index contributed by atoms with van der Waals surface area (Å²) in [5.41, 5.74) is 2.50. The van der Waals surface area contributed by atoms with Gasteiger partial charge in [0, 0.05) is 12.7 Å². The summed E-state index contributed by atoms with van der Waals surface area (Å²) in [7, 11) is 3.45. The maximum Gasteiger partial charge on any atom is 0.257 e. The van der Waals surface area contributed by atoms with Gasteiger partial charge in [0.15, 0.2) is 11.5 Å². The van der Waals surface area contributed by atoms with Gasteiger partial charge in [0.05, 0.1) is 19.3 Å². The predicted octanol–water partition coefficient (Wildman–Crippen LogP) is 5.24. The van der Waals surface area contributed by atoms with Crippen LogP contribution in [0.4, 0.5) is 5.69 Å². The Morgan fingerprint density at radius 3 is 2.61 bits per heavy atom. The van der Waals surface area contributed by atoms with Gasteiger partial charge in [-0.2, -0.15) is 0 Å². The van der Waals surface area contributed by atoms with Crippen LogP contribution in [0.25, 0.3) is 0 Å². The molecule has 2 aromatic carbocycles. The zero-order valence-corrected chi connectivity index (χ0v) is 17.0. The van der Waals surface area contributed by atoms with Crippen molar-refractivity contribution >= 4 is 11.6 Å². The molecule has 5 heteroatoms. The second-order valence-electron chi connectivity index (χ2n) is 7.18. The van der Waals surface area contributed by atoms with Gasteiger partial charge in [0.1, 0.15) is 6.17 Å². The summed E-state index contributed by atoms with van der Waals surface area (Å²) in [6.07, 6.45) is 5.76. The van der Waals surface area contributed by atoms with E-state index in [-0.39, 0.29) is 12.1 Å². The van der Waals surface area contributed by atoms with Crippen molar-refractivity contribution < 1.29 is 14.3 Å². The number of hydrogen-bond donors (Lipinski definition) is 1. The summed E-state index contributed by atoms with van der Waals surface area (Å²) in [6, 6.07) is 13.5. The normalized spacial score (nSPS) is 15.8. The number of nitrogens with zero attached hydrogens (tertiary/aromatic N) is 1. The molecule has 0 spiro atoms. The molecule has 5 nitrogen and oxygen atoms in total. The molecule has 0 aliphatic carbocycles. The average molecular weight is 383 g/mol. The van der Waals surface area contributed by atoms with E-state index in [2.05, 4.69) is 12.2 Å². The highest BCUT2D eigenvalue weighted by atomic mass is 16.5. The van der Waals surface area contributed by atoms with Crippen molar-refractivity contribution in [1.29, 1.82) is 0 Å². The second-order valence-corrected chi connectivity index (χ2v) is 7.18. The predicted molar refractivity (Wildman–Crippen MR) is 112 cm³/mol. The highest BCUT2D eigenvalue weighted by Gasteiger charge is 2.30. The molecule has 1 N–H and O–H groups in total. The van der Waals surface area contributed by atoms with Crippen LogP contribution in [0.5, 0.6) is 11.5 Å². The first-order valence-corrected chi connectivity index (χ1v) is 10.1. The van der Waals surface area contributed by atoms with E-state index in [0.717, 1.165) is 23.4 Å². The Labute approximate surface area is 167 Å². The summed E-state index contributed by atoms with van der Waals surface area (Å²) in [5.74, 6) is 1.44. The molecule has 0 aromatic heterocycles. The van der Waals surface area contributed by atoms with Crippen molar-refractivity contribution in [3.63, 3.8) is 0 Å². The van der Waals surface area contributed by atoms with E-state index in [9.17, 15) is 4.79 Å². The highest BCUT2D eigenvalue weighted by molar-refractivity contribution is 6.01. The third kappa shape index (κ3) is 4.41. The molecule has 2 aromatic rings. The fourth-order valence-electron chi connectivity index (χ4n) is 3.52. The van der Waals surface area contributed by atoms with Gasteiger partial charge in [-0.05, 0) is 36.2 Å². The van der Waals surface area contributed by atoms with Gasteiger partial charge in [-0.3, -0.25) is 4.79 Å². The van der Waals surface area contributed by atoms with Crippen molar-refractivity contribution in [2.45, 2.75) is 45.2 Å². The lowest BCUT2D eigenvalue weighted by molar-refractivity contribution is 0.0735. The summed E-state index contributed by atoms with van der Waals surface area (Å²) in [4.78, 5) is 14.4. The van der Waals surface area contributed by atoms with Gasteiger partial charge in [-0.1, -0.05) is 50.8 Å². The molecule has 0 saturated heterocycles. The molecule has 150 valence electrons. The van der Waals surface area contributed by atoms with Gasteiger partial charge >= 0.3 is 0 Å². The fourth-order valence-corrected chi connectivity index (χ4v) is 3.52. The van der Waals surface area contributed by atoms with E-state index in [1.165, 1.54) is 25.7 Å². The lowest BCUT2D eigenvalue weighted by Gasteiger charge is -2.35. The van der Waals surface area contributed by atoms with Crippen LogP contribution in [0.2, 0.25) is 0 Å². The molecular formula is C23H30N2O3. The Morgan fingerprint density at radius 2 is 1.82 bits per heavy atom. The molecule has 1 unspecified atom stereocenters. The zero-order chi connectivity index (χ0) is 19.9. The number of carbonyl (C=O) groups excluding carboxylic acids is 1. The minimum atomic E-state index is -0.251. The van der Waals surface area contributed by atoms with Crippen LogP contribution in [-0.4, -0.2) is 31.6 Å². The van der Waals surface area contributed by atoms with E-state index in [1.54, 1.807) is 12.0 Å². The van der Waals surface area contributed by atoms with Crippen molar-refractivity contribution in [3.05, 3.63) is 53.6 Å². The van der Waals surface area contributed by atoms with Crippen molar-refractivity contribution in [1.82, 2.24) is 4.90 Å². The van der Waals surface area contributed by atoms with Crippen LogP contribution in [0.15, 0.2) is 42.5 Å². The number of benzene rings is 2. The molecule has 3 rings (SSSR count). The molecule has 1 heterocycles. The topological polar surface area (TPSA) is 50.8 Å². The zero-order valence-electron chi connectivity index (χ0n) is 17.0. The number of anilines is 1. The van der Waals surface area contributed by atoms with Crippen molar-refractivity contribution in [3.8, 4) is 11.5 Å². The number of unbranched alkanes of at least 4 members (excludes halogenated alkanes) is 4. The van der Waals surface area contributed by atoms with E-state index in [1.807, 2.05) is 49.5 Å². The largest absolute Gasteiger partial charge is 0.493 e. The molecule has 0 radical (unpaired) electrons. The van der Waals surface area contributed by atoms with E-state index in [4.69, 9.17) is 9.47 Å². The van der Waals surface area contributed by atoms with Gasteiger partial charge < -0.3 is 19.7 Å². The molecule has 28 heavy (non-hydrogen) atoms. The number of para-hydroxylation sites is 1. The Kier molecular flexibility index (Phi) is 6.80. The summed E-state index contributed by atoms with van der Waals surface area (Å²) < 4.78 is 11.5. The number of hydrogen-bond acceptors (Lipinski definition) is 4. The third-order valence-corrected chi connectivity index (χ3v) is 5.17. The number of nitrogens with one attached hydrogen (secondary N) is 1. The number of fused-ring (bicyclic) bond motifs is 1. The first-order valence-electron chi connectivity index (χ1n) is 10.1. The Hall–Kier alpha value is -2.69. The lowest BCUT2D eigenvalue weighted by atomic mass is 10.0. The van der Waals surface area contributed by atoms with Gasteiger partial charge in [0.2, 0.25) is 0 Å². The Balaban J connectivity index is 1.70. The minimum Gasteiger partial charge on any atom is -0.493 e. The van der Waals surface area contributed by atoms with Gasteiger partial charge in [-0.15, -0.1) is 0 Å². The summed E-state index contributed by atoms with van der Waals surface area (Å²) >= 11 is 0.